The molecule has 100 valence electrons. The lowest BCUT2D eigenvalue weighted by molar-refractivity contribution is 0.332. The Balaban J connectivity index is 2.51. The third-order valence-electron chi connectivity index (χ3n) is 2.85. The monoisotopic (exact) mass is 261 g/mol. The molecule has 0 radical (unpaired) electrons. The predicted octanol–water partition coefficient (Wildman–Crippen LogP) is 1.79. The average Bonchev–Trinajstić information content (AvgIpc) is 2.47. The Labute approximate surface area is 112 Å². The molecule has 1 aromatic carbocycles. The number of hydrogen-bond donors (Lipinski definition) is 0. The summed E-state index contributed by atoms with van der Waals surface area (Å²) in [6.45, 7) is 0. The van der Waals surface area contributed by atoms with Gasteiger partial charge in [-0.2, -0.15) is 0 Å². The summed E-state index contributed by atoms with van der Waals surface area (Å²) in [5.74, 6) is 0.551. The van der Waals surface area contributed by atoms with Crippen molar-refractivity contribution in [3.63, 3.8) is 0 Å². The molecule has 0 aliphatic heterocycles. The van der Waals surface area contributed by atoms with Gasteiger partial charge in [0.2, 0.25) is 0 Å². The second-order valence-corrected chi connectivity index (χ2v) is 4.40. The van der Waals surface area contributed by atoms with Gasteiger partial charge < -0.3 is 9.47 Å². The molecule has 1 heterocycles. The van der Waals surface area contributed by atoms with Crippen LogP contribution in [0.1, 0.15) is 0 Å². The summed E-state index contributed by atoms with van der Waals surface area (Å²) >= 11 is 0. The molecular formula is C13H17N4O2+. The van der Waals surface area contributed by atoms with Crippen molar-refractivity contribution < 1.29 is 9.47 Å². The van der Waals surface area contributed by atoms with Crippen LogP contribution in [-0.4, -0.2) is 43.3 Å². The van der Waals surface area contributed by atoms with E-state index in [9.17, 15) is 0 Å². The summed E-state index contributed by atoms with van der Waals surface area (Å²) < 4.78 is 10.5. The summed E-state index contributed by atoms with van der Waals surface area (Å²) in [4.78, 5) is 12.6. The average molecular weight is 261 g/mol. The molecule has 2 rings (SSSR count). The third-order valence-corrected chi connectivity index (χ3v) is 2.85. The fourth-order valence-corrected chi connectivity index (χ4v) is 1.68. The number of benzene rings is 1. The number of hydrogen-bond acceptors (Lipinski definition) is 5. The van der Waals surface area contributed by atoms with E-state index in [1.54, 1.807) is 0 Å². The van der Waals surface area contributed by atoms with E-state index in [4.69, 9.17) is 9.47 Å². The zero-order chi connectivity index (χ0) is 13.9. The number of rotatable bonds is 4. The second-order valence-electron chi connectivity index (χ2n) is 4.40. The molecule has 0 unspecified atom stereocenters. The normalized spacial score (nSPS) is 11.2. The summed E-state index contributed by atoms with van der Waals surface area (Å²) in [5, 5.41) is 0. The van der Waals surface area contributed by atoms with Crippen LogP contribution in [0.15, 0.2) is 30.3 Å². The Kier molecular flexibility index (Phi) is 3.62. The molecule has 0 fully saturated rings. The van der Waals surface area contributed by atoms with E-state index in [2.05, 4.69) is 15.0 Å². The van der Waals surface area contributed by atoms with Crippen molar-refractivity contribution in [3.05, 3.63) is 30.3 Å². The standard InChI is InChI=1S/C13H17N4O2/c1-17(2,10-8-6-5-7-9-10)11-14-12(18-3)16-13(15-11)19-4/h5-9H,1-4H3/q+1. The number of quaternary nitrogens is 1. The molecule has 2 aromatic rings. The molecule has 1 aromatic heterocycles. The summed E-state index contributed by atoms with van der Waals surface area (Å²) in [7, 11) is 7.01. The highest BCUT2D eigenvalue weighted by Crippen LogP contribution is 2.28. The number of aromatic nitrogens is 3. The van der Waals surface area contributed by atoms with E-state index < -0.39 is 0 Å². The number of nitrogens with zero attached hydrogens (tertiary/aromatic N) is 4. The SMILES string of the molecule is COc1nc(OC)nc([N+](C)(C)c2ccccc2)n1. The lowest BCUT2D eigenvalue weighted by Gasteiger charge is -2.25. The third kappa shape index (κ3) is 2.63. The van der Waals surface area contributed by atoms with Crippen molar-refractivity contribution in [2.24, 2.45) is 0 Å². The molecule has 0 saturated heterocycles. The van der Waals surface area contributed by atoms with Crippen molar-refractivity contribution in [2.75, 3.05) is 28.3 Å². The molecule has 0 amide bonds. The fraction of sp³-hybridized carbons (Fsp3) is 0.308. The molecule has 0 atom stereocenters. The highest BCUT2D eigenvalue weighted by Gasteiger charge is 2.28. The van der Waals surface area contributed by atoms with Gasteiger partial charge in [0.15, 0.2) is 0 Å². The van der Waals surface area contributed by atoms with E-state index in [1.807, 2.05) is 44.4 Å². The Morgan fingerprint density at radius 1 is 0.842 bits per heavy atom. The van der Waals surface area contributed by atoms with Gasteiger partial charge in [-0.25, -0.2) is 4.48 Å². The Morgan fingerprint density at radius 2 is 1.37 bits per heavy atom. The van der Waals surface area contributed by atoms with Crippen LogP contribution in [0.3, 0.4) is 0 Å². The van der Waals surface area contributed by atoms with Gasteiger partial charge in [-0.3, -0.25) is 0 Å². The van der Waals surface area contributed by atoms with Crippen LogP contribution < -0.4 is 14.0 Å². The predicted molar refractivity (Wildman–Crippen MR) is 72.7 cm³/mol. The number of methoxy groups -OCH3 is 2. The molecule has 0 aliphatic rings. The van der Waals surface area contributed by atoms with Gasteiger partial charge >= 0.3 is 18.0 Å². The zero-order valence-electron chi connectivity index (χ0n) is 11.5. The van der Waals surface area contributed by atoms with Gasteiger partial charge in [0.1, 0.15) is 5.69 Å². The van der Waals surface area contributed by atoms with Gasteiger partial charge in [0, 0.05) is 0 Å². The van der Waals surface area contributed by atoms with E-state index in [0.29, 0.717) is 10.4 Å². The van der Waals surface area contributed by atoms with Crippen LogP contribution >= 0.6 is 0 Å². The van der Waals surface area contributed by atoms with Crippen molar-refractivity contribution in [1.29, 1.82) is 0 Å². The molecule has 0 bridgehead atoms. The van der Waals surface area contributed by atoms with Crippen molar-refractivity contribution in [1.82, 2.24) is 19.4 Å². The molecule has 6 heteroatoms. The summed E-state index contributed by atoms with van der Waals surface area (Å²) in [5.41, 5.74) is 1.05. The van der Waals surface area contributed by atoms with E-state index in [0.717, 1.165) is 5.69 Å². The van der Waals surface area contributed by atoms with Crippen LogP contribution in [0.5, 0.6) is 12.0 Å². The molecule has 0 N–H and O–H groups in total. The molecule has 0 saturated carbocycles. The van der Waals surface area contributed by atoms with E-state index in [1.165, 1.54) is 14.2 Å². The largest absolute Gasteiger partial charge is 0.466 e. The maximum atomic E-state index is 5.08. The van der Waals surface area contributed by atoms with Crippen molar-refractivity contribution in [3.8, 4) is 12.0 Å². The van der Waals surface area contributed by atoms with E-state index >= 15 is 0 Å². The minimum Gasteiger partial charge on any atom is -0.466 e. The first-order valence-electron chi connectivity index (χ1n) is 5.82. The maximum absolute atomic E-state index is 5.08. The molecule has 0 aliphatic carbocycles. The van der Waals surface area contributed by atoms with Crippen molar-refractivity contribution >= 4 is 11.6 Å². The highest BCUT2D eigenvalue weighted by atomic mass is 16.5. The minimum atomic E-state index is 0.240. The quantitative estimate of drug-likeness (QED) is 0.785. The molecule has 19 heavy (non-hydrogen) atoms. The number of ether oxygens (including phenoxy) is 2. The Hall–Kier alpha value is -2.21. The van der Waals surface area contributed by atoms with Gasteiger partial charge in [-0.15, -0.1) is 15.0 Å². The topological polar surface area (TPSA) is 57.1 Å². The first-order valence-corrected chi connectivity index (χ1v) is 5.82. The van der Waals surface area contributed by atoms with Gasteiger partial charge in [-0.05, 0) is 12.1 Å². The van der Waals surface area contributed by atoms with Crippen LogP contribution in [0.4, 0.5) is 11.6 Å². The van der Waals surface area contributed by atoms with Gasteiger partial charge in [0.25, 0.3) is 0 Å². The van der Waals surface area contributed by atoms with Crippen LogP contribution in [-0.2, 0) is 0 Å². The van der Waals surface area contributed by atoms with Crippen LogP contribution in [0.25, 0.3) is 0 Å². The van der Waals surface area contributed by atoms with Crippen LogP contribution in [0.2, 0.25) is 0 Å². The lowest BCUT2D eigenvalue weighted by atomic mass is 10.3. The maximum Gasteiger partial charge on any atom is 0.343 e. The van der Waals surface area contributed by atoms with Gasteiger partial charge in [-0.1, -0.05) is 18.2 Å². The molecular weight excluding hydrogens is 244 g/mol. The fourth-order valence-electron chi connectivity index (χ4n) is 1.68. The zero-order valence-corrected chi connectivity index (χ0v) is 11.5. The van der Waals surface area contributed by atoms with Crippen molar-refractivity contribution in [2.45, 2.75) is 0 Å². The molecule has 0 spiro atoms. The Morgan fingerprint density at radius 3 is 1.84 bits per heavy atom. The summed E-state index contributed by atoms with van der Waals surface area (Å²) in [6, 6.07) is 10.4. The van der Waals surface area contributed by atoms with Gasteiger partial charge in [0.05, 0.1) is 28.3 Å². The minimum absolute atomic E-state index is 0.240. The first-order chi connectivity index (χ1) is 9.07. The highest BCUT2D eigenvalue weighted by molar-refractivity contribution is 5.50. The number of para-hydroxylation sites is 1. The smallest absolute Gasteiger partial charge is 0.343 e. The molecule has 6 nitrogen and oxygen atoms in total. The Bertz CT molecular complexity index is 536. The van der Waals surface area contributed by atoms with Crippen LogP contribution in [0, 0.1) is 0 Å². The summed E-state index contributed by atoms with van der Waals surface area (Å²) in [6.07, 6.45) is 0. The first kappa shape index (κ1) is 13.2. The second kappa shape index (κ2) is 5.19. The lowest BCUT2D eigenvalue weighted by Crippen LogP contribution is -2.36. The van der Waals surface area contributed by atoms with E-state index in [-0.39, 0.29) is 12.0 Å².